The molecule has 0 spiro atoms. The zero-order valence-electron chi connectivity index (χ0n) is 18.9. The molecular formula is C27H40N2. The number of rotatable bonds is 10. The molecule has 1 aliphatic rings. The van der Waals surface area contributed by atoms with E-state index >= 15 is 0 Å². The van der Waals surface area contributed by atoms with E-state index in [2.05, 4.69) is 51.2 Å². The quantitative estimate of drug-likeness (QED) is 0.382. The highest BCUT2D eigenvalue weighted by Gasteiger charge is 2.24. The Morgan fingerprint density at radius 1 is 0.862 bits per heavy atom. The Labute approximate surface area is 178 Å². The molecule has 0 bridgehead atoms. The number of hydrogen-bond acceptors (Lipinski definition) is 2. The van der Waals surface area contributed by atoms with Gasteiger partial charge in [-0.1, -0.05) is 76.6 Å². The van der Waals surface area contributed by atoms with Crippen LogP contribution in [-0.2, 0) is 6.42 Å². The van der Waals surface area contributed by atoms with Crippen molar-refractivity contribution in [1.29, 1.82) is 0 Å². The van der Waals surface area contributed by atoms with Gasteiger partial charge in [0.25, 0.3) is 0 Å². The molecule has 0 atom stereocenters. The van der Waals surface area contributed by atoms with Gasteiger partial charge in [-0.2, -0.15) is 0 Å². The van der Waals surface area contributed by atoms with Crippen LogP contribution >= 0.6 is 0 Å². The molecule has 1 fully saturated rings. The molecule has 1 aromatic heterocycles. The van der Waals surface area contributed by atoms with Crippen LogP contribution in [0.1, 0.15) is 107 Å². The van der Waals surface area contributed by atoms with Crippen LogP contribution < -0.4 is 0 Å². The molecule has 1 saturated carbocycles. The molecule has 0 aliphatic heterocycles. The van der Waals surface area contributed by atoms with Gasteiger partial charge < -0.3 is 0 Å². The Morgan fingerprint density at radius 2 is 1.55 bits per heavy atom. The first-order valence-corrected chi connectivity index (χ1v) is 12.1. The molecule has 0 amide bonds. The second-order valence-electron chi connectivity index (χ2n) is 9.09. The monoisotopic (exact) mass is 392 g/mol. The minimum absolute atomic E-state index is 0.561. The van der Waals surface area contributed by atoms with E-state index in [0.717, 1.165) is 17.4 Å². The van der Waals surface area contributed by atoms with Crippen LogP contribution in [0, 0.1) is 12.8 Å². The van der Waals surface area contributed by atoms with E-state index < -0.39 is 0 Å². The van der Waals surface area contributed by atoms with Gasteiger partial charge in [-0.3, -0.25) is 0 Å². The van der Waals surface area contributed by atoms with Crippen molar-refractivity contribution in [2.24, 2.45) is 5.92 Å². The molecule has 2 heteroatoms. The lowest BCUT2D eigenvalue weighted by molar-refractivity contribution is 0.297. The van der Waals surface area contributed by atoms with Crippen molar-refractivity contribution < 1.29 is 0 Å². The fourth-order valence-corrected chi connectivity index (χ4v) is 4.79. The summed E-state index contributed by atoms with van der Waals surface area (Å²) in [4.78, 5) is 9.76. The van der Waals surface area contributed by atoms with E-state index in [-0.39, 0.29) is 0 Å². The Hall–Kier alpha value is -1.70. The largest absolute Gasteiger partial charge is 0.240 e. The maximum atomic E-state index is 4.95. The molecule has 0 saturated heterocycles. The zero-order valence-corrected chi connectivity index (χ0v) is 18.9. The van der Waals surface area contributed by atoms with Gasteiger partial charge in [0.1, 0.15) is 5.82 Å². The van der Waals surface area contributed by atoms with Crippen LogP contribution in [0.4, 0.5) is 0 Å². The highest BCUT2D eigenvalue weighted by atomic mass is 14.9. The predicted molar refractivity (Wildman–Crippen MR) is 124 cm³/mol. The van der Waals surface area contributed by atoms with Crippen molar-refractivity contribution in [3.8, 4) is 11.1 Å². The van der Waals surface area contributed by atoms with Crippen molar-refractivity contribution in [3.05, 3.63) is 47.5 Å². The average Bonchev–Trinajstić information content (AvgIpc) is 2.75. The second-order valence-corrected chi connectivity index (χ2v) is 9.09. The van der Waals surface area contributed by atoms with E-state index in [1.54, 1.807) is 0 Å². The van der Waals surface area contributed by atoms with Gasteiger partial charge in [-0.25, -0.2) is 9.97 Å². The van der Waals surface area contributed by atoms with E-state index in [4.69, 9.17) is 9.97 Å². The number of hydrogen-bond donors (Lipinski definition) is 0. The predicted octanol–water partition coefficient (Wildman–Crippen LogP) is 8.04. The van der Waals surface area contributed by atoms with Crippen LogP contribution in [0.15, 0.2) is 30.5 Å². The molecule has 0 unspecified atom stereocenters. The summed E-state index contributed by atoms with van der Waals surface area (Å²) in [6.07, 6.45) is 17.9. The lowest BCUT2D eigenvalue weighted by Gasteiger charge is -2.28. The number of aryl methyl sites for hydroxylation is 2. The summed E-state index contributed by atoms with van der Waals surface area (Å²) in [5.41, 5.74) is 4.99. The van der Waals surface area contributed by atoms with Gasteiger partial charge in [-0.15, -0.1) is 0 Å². The van der Waals surface area contributed by atoms with Crippen molar-refractivity contribution in [3.63, 3.8) is 0 Å². The van der Waals surface area contributed by atoms with Gasteiger partial charge in [0, 0.05) is 23.4 Å². The van der Waals surface area contributed by atoms with Crippen LogP contribution in [0.25, 0.3) is 11.1 Å². The normalized spacial score (nSPS) is 19.4. The second kappa shape index (κ2) is 11.5. The number of aromatic nitrogens is 2. The SMILES string of the molecule is CCCCCc1ccc(-c2cnc(C3CCC(CCCCC)CC3)nc2C)cc1. The number of benzene rings is 1. The third-order valence-electron chi connectivity index (χ3n) is 6.76. The van der Waals surface area contributed by atoms with E-state index in [1.807, 2.05) is 0 Å². The zero-order chi connectivity index (χ0) is 20.5. The van der Waals surface area contributed by atoms with E-state index in [0.29, 0.717) is 5.92 Å². The Morgan fingerprint density at radius 3 is 2.21 bits per heavy atom. The van der Waals surface area contributed by atoms with Gasteiger partial charge in [0.15, 0.2) is 0 Å². The molecule has 158 valence electrons. The Bertz CT molecular complexity index is 727. The van der Waals surface area contributed by atoms with Crippen LogP contribution in [0.2, 0.25) is 0 Å². The first-order chi connectivity index (χ1) is 14.2. The molecule has 0 radical (unpaired) electrons. The fraction of sp³-hybridized carbons (Fsp3) is 0.630. The lowest BCUT2D eigenvalue weighted by Crippen LogP contribution is -2.16. The molecule has 1 heterocycles. The minimum Gasteiger partial charge on any atom is -0.240 e. The average molecular weight is 393 g/mol. The third kappa shape index (κ3) is 6.39. The van der Waals surface area contributed by atoms with Crippen LogP contribution in [-0.4, -0.2) is 9.97 Å². The van der Waals surface area contributed by atoms with Gasteiger partial charge in [-0.05, 0) is 62.5 Å². The highest BCUT2D eigenvalue weighted by molar-refractivity contribution is 5.65. The smallest absolute Gasteiger partial charge is 0.131 e. The van der Waals surface area contributed by atoms with Crippen molar-refractivity contribution in [1.82, 2.24) is 9.97 Å². The molecule has 29 heavy (non-hydrogen) atoms. The fourth-order valence-electron chi connectivity index (χ4n) is 4.79. The molecular weight excluding hydrogens is 352 g/mol. The van der Waals surface area contributed by atoms with Gasteiger partial charge in [0.05, 0.1) is 0 Å². The Kier molecular flexibility index (Phi) is 8.70. The maximum Gasteiger partial charge on any atom is 0.131 e. The Balaban J connectivity index is 1.58. The number of unbranched alkanes of at least 4 members (excludes halogenated alkanes) is 4. The number of nitrogens with zero attached hydrogens (tertiary/aromatic N) is 2. The summed E-state index contributed by atoms with van der Waals surface area (Å²) in [7, 11) is 0. The van der Waals surface area contributed by atoms with Gasteiger partial charge in [0.2, 0.25) is 0 Å². The first-order valence-electron chi connectivity index (χ1n) is 12.1. The topological polar surface area (TPSA) is 25.8 Å². The standard InChI is InChI=1S/C27H40N2/c1-4-6-8-10-22-12-16-24(17-13-22)26-20-28-27(29-21(26)3)25-18-14-23(15-19-25)11-9-7-5-2/h12-13,16-17,20,23,25H,4-11,14-15,18-19H2,1-3H3. The summed E-state index contributed by atoms with van der Waals surface area (Å²) in [6, 6.07) is 9.04. The van der Waals surface area contributed by atoms with Crippen molar-refractivity contribution in [2.45, 2.75) is 104 Å². The minimum atomic E-state index is 0.561. The van der Waals surface area contributed by atoms with E-state index in [1.165, 1.54) is 93.7 Å². The third-order valence-corrected chi connectivity index (χ3v) is 6.76. The van der Waals surface area contributed by atoms with Crippen LogP contribution in [0.5, 0.6) is 0 Å². The van der Waals surface area contributed by atoms with Crippen molar-refractivity contribution in [2.75, 3.05) is 0 Å². The molecule has 0 N–H and O–H groups in total. The highest BCUT2D eigenvalue weighted by Crippen LogP contribution is 2.37. The van der Waals surface area contributed by atoms with Crippen molar-refractivity contribution >= 4 is 0 Å². The lowest BCUT2D eigenvalue weighted by atomic mass is 9.79. The molecule has 2 nitrogen and oxygen atoms in total. The molecule has 3 rings (SSSR count). The summed E-state index contributed by atoms with van der Waals surface area (Å²) in [5.74, 6) is 2.58. The maximum absolute atomic E-state index is 4.95. The molecule has 2 aromatic rings. The van der Waals surface area contributed by atoms with Gasteiger partial charge >= 0.3 is 0 Å². The summed E-state index contributed by atoms with van der Waals surface area (Å²) in [6.45, 7) is 6.70. The summed E-state index contributed by atoms with van der Waals surface area (Å²) in [5, 5.41) is 0. The van der Waals surface area contributed by atoms with E-state index in [9.17, 15) is 0 Å². The molecule has 1 aromatic carbocycles. The summed E-state index contributed by atoms with van der Waals surface area (Å²) < 4.78 is 0. The van der Waals surface area contributed by atoms with Crippen LogP contribution in [0.3, 0.4) is 0 Å². The summed E-state index contributed by atoms with van der Waals surface area (Å²) >= 11 is 0. The molecule has 1 aliphatic carbocycles. The first kappa shape index (κ1) is 22.0.